The van der Waals surface area contributed by atoms with Gasteiger partial charge in [0.15, 0.2) is 0 Å². The molecular formula is C18H17BrN4O2. The Morgan fingerprint density at radius 3 is 2.48 bits per heavy atom. The van der Waals surface area contributed by atoms with Crippen LogP contribution in [-0.2, 0) is 6.54 Å². The maximum Gasteiger partial charge on any atom is 0.283 e. The van der Waals surface area contributed by atoms with Crippen LogP contribution in [0, 0.1) is 0 Å². The van der Waals surface area contributed by atoms with Gasteiger partial charge in [-0.05, 0) is 35.9 Å². The standard InChI is InChI=1S/C18H17BrN4O2/c1-25-15-8-2-12(3-9-15)11-23-17(18(24)21-20)10-16(22-23)13-4-6-14(19)7-5-13/h2-10H,11,20H2,1H3,(H,21,24). The van der Waals surface area contributed by atoms with Crippen molar-refractivity contribution >= 4 is 21.8 Å². The molecule has 25 heavy (non-hydrogen) atoms. The van der Waals surface area contributed by atoms with Gasteiger partial charge >= 0.3 is 0 Å². The zero-order valence-electron chi connectivity index (χ0n) is 13.6. The van der Waals surface area contributed by atoms with Crippen LogP contribution in [0.25, 0.3) is 11.3 Å². The van der Waals surface area contributed by atoms with Gasteiger partial charge in [-0.25, -0.2) is 5.84 Å². The molecule has 0 unspecified atom stereocenters. The summed E-state index contributed by atoms with van der Waals surface area (Å²) in [5, 5.41) is 4.57. The molecule has 0 aliphatic heterocycles. The van der Waals surface area contributed by atoms with Crippen LogP contribution in [0.4, 0.5) is 0 Å². The fraction of sp³-hybridized carbons (Fsp3) is 0.111. The lowest BCUT2D eigenvalue weighted by molar-refractivity contribution is 0.0943. The molecule has 6 nitrogen and oxygen atoms in total. The van der Waals surface area contributed by atoms with Gasteiger partial charge in [0.05, 0.1) is 19.3 Å². The highest BCUT2D eigenvalue weighted by molar-refractivity contribution is 9.10. The molecule has 0 aliphatic carbocycles. The molecule has 1 heterocycles. The van der Waals surface area contributed by atoms with E-state index in [-0.39, 0.29) is 5.91 Å². The summed E-state index contributed by atoms with van der Waals surface area (Å²) in [5.74, 6) is 5.70. The van der Waals surface area contributed by atoms with E-state index in [9.17, 15) is 4.79 Å². The number of rotatable bonds is 5. The monoisotopic (exact) mass is 400 g/mol. The van der Waals surface area contributed by atoms with Gasteiger partial charge in [-0.15, -0.1) is 0 Å². The first-order valence-corrected chi connectivity index (χ1v) is 8.37. The molecule has 0 saturated heterocycles. The zero-order valence-corrected chi connectivity index (χ0v) is 15.2. The Morgan fingerprint density at radius 1 is 1.20 bits per heavy atom. The minimum Gasteiger partial charge on any atom is -0.497 e. The fourth-order valence-corrected chi connectivity index (χ4v) is 2.72. The predicted molar refractivity (Wildman–Crippen MR) is 99.1 cm³/mol. The summed E-state index contributed by atoms with van der Waals surface area (Å²) < 4.78 is 7.78. The first-order valence-electron chi connectivity index (χ1n) is 7.58. The Bertz CT molecular complexity index is 873. The van der Waals surface area contributed by atoms with Crippen molar-refractivity contribution in [1.29, 1.82) is 0 Å². The first kappa shape index (κ1) is 17.2. The molecule has 1 aromatic heterocycles. The number of hydrogen-bond acceptors (Lipinski definition) is 4. The number of carbonyl (C=O) groups excluding carboxylic acids is 1. The van der Waals surface area contributed by atoms with Crippen LogP contribution in [0.3, 0.4) is 0 Å². The maximum absolute atomic E-state index is 12.1. The highest BCUT2D eigenvalue weighted by atomic mass is 79.9. The van der Waals surface area contributed by atoms with Crippen molar-refractivity contribution < 1.29 is 9.53 Å². The van der Waals surface area contributed by atoms with E-state index < -0.39 is 0 Å². The number of nitrogens with two attached hydrogens (primary N) is 1. The van der Waals surface area contributed by atoms with Gasteiger partial charge in [-0.3, -0.25) is 14.9 Å². The maximum atomic E-state index is 12.1. The molecule has 7 heteroatoms. The quantitative estimate of drug-likeness (QED) is 0.391. The van der Waals surface area contributed by atoms with Crippen molar-refractivity contribution in [1.82, 2.24) is 15.2 Å². The molecule has 0 bridgehead atoms. The second kappa shape index (κ2) is 7.50. The highest BCUT2D eigenvalue weighted by Crippen LogP contribution is 2.22. The van der Waals surface area contributed by atoms with E-state index in [1.807, 2.05) is 48.5 Å². The van der Waals surface area contributed by atoms with E-state index in [1.165, 1.54) is 0 Å². The summed E-state index contributed by atoms with van der Waals surface area (Å²) in [4.78, 5) is 12.1. The Labute approximate surface area is 153 Å². The van der Waals surface area contributed by atoms with Crippen molar-refractivity contribution in [3.63, 3.8) is 0 Å². The van der Waals surface area contributed by atoms with Crippen LogP contribution in [0.15, 0.2) is 59.1 Å². The van der Waals surface area contributed by atoms with E-state index in [4.69, 9.17) is 10.6 Å². The molecule has 128 valence electrons. The average molecular weight is 401 g/mol. The largest absolute Gasteiger partial charge is 0.497 e. The van der Waals surface area contributed by atoms with Gasteiger partial charge in [0.25, 0.3) is 5.91 Å². The van der Waals surface area contributed by atoms with Crippen LogP contribution in [0.1, 0.15) is 16.1 Å². The van der Waals surface area contributed by atoms with Gasteiger partial charge < -0.3 is 4.74 Å². The number of methoxy groups -OCH3 is 1. The average Bonchev–Trinajstić information content (AvgIpc) is 3.06. The summed E-state index contributed by atoms with van der Waals surface area (Å²) in [5.41, 5.74) is 5.20. The van der Waals surface area contributed by atoms with Crippen LogP contribution >= 0.6 is 15.9 Å². The lowest BCUT2D eigenvalue weighted by Crippen LogP contribution is -2.32. The van der Waals surface area contributed by atoms with E-state index >= 15 is 0 Å². The number of hydrazine groups is 1. The molecule has 1 amide bonds. The topological polar surface area (TPSA) is 82.2 Å². The second-order valence-corrected chi connectivity index (χ2v) is 6.32. The van der Waals surface area contributed by atoms with Gasteiger partial charge in [0, 0.05) is 10.0 Å². The minimum atomic E-state index is -0.385. The number of halogens is 1. The number of nitrogens with one attached hydrogen (secondary N) is 1. The molecule has 0 aliphatic rings. The van der Waals surface area contributed by atoms with E-state index in [2.05, 4.69) is 26.5 Å². The summed E-state index contributed by atoms with van der Waals surface area (Å²) in [6.45, 7) is 0.448. The Balaban J connectivity index is 1.95. The van der Waals surface area contributed by atoms with Gasteiger partial charge in [-0.2, -0.15) is 5.10 Å². The number of nitrogens with zero attached hydrogens (tertiary/aromatic N) is 2. The van der Waals surface area contributed by atoms with E-state index in [0.717, 1.165) is 21.3 Å². The van der Waals surface area contributed by atoms with Crippen molar-refractivity contribution in [2.75, 3.05) is 7.11 Å². The summed E-state index contributed by atoms with van der Waals surface area (Å²) >= 11 is 3.41. The normalized spacial score (nSPS) is 10.5. The fourth-order valence-electron chi connectivity index (χ4n) is 2.46. The molecular weight excluding hydrogens is 384 g/mol. The molecule has 0 saturated carbocycles. The number of benzene rings is 2. The number of hydrogen-bond donors (Lipinski definition) is 2. The molecule has 0 radical (unpaired) electrons. The van der Waals surface area contributed by atoms with Crippen molar-refractivity contribution in [3.8, 4) is 17.0 Å². The summed E-state index contributed by atoms with van der Waals surface area (Å²) in [6.07, 6.45) is 0. The lowest BCUT2D eigenvalue weighted by atomic mass is 10.1. The Hall–Kier alpha value is -2.64. The molecule has 3 aromatic rings. The third-order valence-electron chi connectivity index (χ3n) is 3.78. The summed E-state index contributed by atoms with van der Waals surface area (Å²) in [7, 11) is 1.62. The molecule has 3 N–H and O–H groups in total. The lowest BCUT2D eigenvalue weighted by Gasteiger charge is -2.07. The molecule has 0 fully saturated rings. The smallest absolute Gasteiger partial charge is 0.283 e. The van der Waals surface area contributed by atoms with Crippen LogP contribution in [0.2, 0.25) is 0 Å². The third-order valence-corrected chi connectivity index (χ3v) is 4.30. The van der Waals surface area contributed by atoms with Crippen LogP contribution in [-0.4, -0.2) is 22.8 Å². The number of ether oxygens (including phenoxy) is 1. The van der Waals surface area contributed by atoms with E-state index in [0.29, 0.717) is 17.9 Å². The molecule has 0 spiro atoms. The van der Waals surface area contributed by atoms with Gasteiger partial charge in [0.2, 0.25) is 0 Å². The Kier molecular flexibility index (Phi) is 5.16. The second-order valence-electron chi connectivity index (χ2n) is 5.40. The summed E-state index contributed by atoms with van der Waals surface area (Å²) in [6, 6.07) is 17.1. The number of aromatic nitrogens is 2. The van der Waals surface area contributed by atoms with E-state index in [1.54, 1.807) is 17.9 Å². The van der Waals surface area contributed by atoms with Crippen molar-refractivity contribution in [2.24, 2.45) is 5.84 Å². The zero-order chi connectivity index (χ0) is 17.8. The Morgan fingerprint density at radius 2 is 1.88 bits per heavy atom. The van der Waals surface area contributed by atoms with Crippen molar-refractivity contribution in [3.05, 3.63) is 70.3 Å². The van der Waals surface area contributed by atoms with Crippen molar-refractivity contribution in [2.45, 2.75) is 6.54 Å². The van der Waals surface area contributed by atoms with Gasteiger partial charge in [0.1, 0.15) is 11.4 Å². The minimum absolute atomic E-state index is 0.385. The van der Waals surface area contributed by atoms with Crippen LogP contribution in [0.5, 0.6) is 5.75 Å². The van der Waals surface area contributed by atoms with Crippen LogP contribution < -0.4 is 16.0 Å². The first-order chi connectivity index (χ1) is 12.1. The molecule has 2 aromatic carbocycles. The molecule has 3 rings (SSSR count). The predicted octanol–water partition coefficient (Wildman–Crippen LogP) is 2.97. The third kappa shape index (κ3) is 3.89. The SMILES string of the molecule is COc1ccc(Cn2nc(-c3ccc(Br)cc3)cc2C(=O)NN)cc1. The highest BCUT2D eigenvalue weighted by Gasteiger charge is 2.16. The van der Waals surface area contributed by atoms with Gasteiger partial charge in [-0.1, -0.05) is 40.2 Å². The number of amides is 1. The number of carbonyl (C=O) groups is 1. The number of nitrogen functional groups attached to an aromatic ring is 1. The molecule has 0 atom stereocenters.